The van der Waals surface area contributed by atoms with Crippen molar-refractivity contribution in [3.63, 3.8) is 0 Å². The smallest absolute Gasteiger partial charge is 0.353 e. The molecular weight excluding hydrogens is 272 g/mol. The van der Waals surface area contributed by atoms with Crippen LogP contribution in [0.3, 0.4) is 0 Å². The van der Waals surface area contributed by atoms with E-state index in [0.29, 0.717) is 12.2 Å². The number of nitrogens with one attached hydrogen (secondary N) is 1. The largest absolute Gasteiger partial charge is 0.463 e. The Hall–Kier alpha value is -1.08. The van der Waals surface area contributed by atoms with Gasteiger partial charge in [0, 0.05) is 18.8 Å². The van der Waals surface area contributed by atoms with Crippen molar-refractivity contribution in [3.05, 3.63) is 11.8 Å². The zero-order chi connectivity index (χ0) is 13.3. The van der Waals surface area contributed by atoms with Crippen LogP contribution < -0.4 is 5.32 Å². The number of anilines is 1. The number of aromatic nitrogens is 1. The van der Waals surface area contributed by atoms with Gasteiger partial charge in [0.2, 0.25) is 4.20 Å². The van der Waals surface area contributed by atoms with Crippen LogP contribution in [0.1, 0.15) is 17.3 Å². The van der Waals surface area contributed by atoms with Crippen molar-refractivity contribution in [2.24, 2.45) is 7.05 Å². The quantitative estimate of drug-likeness (QED) is 0.674. The van der Waals surface area contributed by atoms with Gasteiger partial charge in [-0.3, -0.25) is 4.79 Å². The summed E-state index contributed by atoms with van der Waals surface area (Å²) in [6.45, 7) is 2.11. The molecule has 1 aliphatic rings. The van der Waals surface area contributed by atoms with Crippen LogP contribution >= 0.6 is 23.5 Å². The van der Waals surface area contributed by atoms with Crippen LogP contribution in [0.25, 0.3) is 0 Å². The number of esters is 1. The van der Waals surface area contributed by atoms with Gasteiger partial charge in [-0.25, -0.2) is 4.79 Å². The highest BCUT2D eigenvalue weighted by Gasteiger charge is 2.48. The van der Waals surface area contributed by atoms with Gasteiger partial charge in [0.1, 0.15) is 5.82 Å². The highest BCUT2D eigenvalue weighted by Crippen LogP contribution is 2.52. The molecule has 0 saturated heterocycles. The number of rotatable bonds is 4. The van der Waals surface area contributed by atoms with E-state index in [0.717, 1.165) is 17.0 Å². The minimum absolute atomic E-state index is 0.324. The summed E-state index contributed by atoms with van der Waals surface area (Å²) >= 11 is 2.69. The van der Waals surface area contributed by atoms with Gasteiger partial charge in [0.05, 0.1) is 11.5 Å². The van der Waals surface area contributed by atoms with Crippen molar-refractivity contribution in [2.45, 2.75) is 16.0 Å². The number of hydrogen-bond acceptors (Lipinski definition) is 6. The van der Waals surface area contributed by atoms with Gasteiger partial charge >= 0.3 is 5.97 Å². The second-order valence-corrected chi connectivity index (χ2v) is 6.26. The summed E-state index contributed by atoms with van der Waals surface area (Å²) in [6.07, 6.45) is 4.38. The van der Waals surface area contributed by atoms with Crippen LogP contribution in [-0.4, -0.2) is 33.9 Å². The third kappa shape index (κ3) is 1.91. The molecule has 1 aromatic rings. The van der Waals surface area contributed by atoms with Crippen molar-refractivity contribution >= 4 is 41.6 Å². The molecule has 0 aliphatic carbocycles. The van der Waals surface area contributed by atoms with E-state index in [2.05, 4.69) is 5.32 Å². The minimum atomic E-state index is -0.891. The fourth-order valence-corrected chi connectivity index (χ4v) is 3.88. The molecule has 0 radical (unpaired) electrons. The Bertz CT molecular complexity index is 501. The van der Waals surface area contributed by atoms with E-state index in [1.165, 1.54) is 23.5 Å². The number of nitrogens with zero attached hydrogens (tertiary/aromatic N) is 1. The lowest BCUT2D eigenvalue weighted by molar-refractivity contribution is -0.142. The highest BCUT2D eigenvalue weighted by molar-refractivity contribution is 8.19. The van der Waals surface area contributed by atoms with E-state index in [9.17, 15) is 9.59 Å². The molecule has 18 heavy (non-hydrogen) atoms. The molecule has 5 nitrogen and oxygen atoms in total. The Morgan fingerprint density at radius 2 is 2.44 bits per heavy atom. The summed E-state index contributed by atoms with van der Waals surface area (Å²) in [6, 6.07) is 0. The van der Waals surface area contributed by atoms with Crippen LogP contribution in [0.4, 0.5) is 5.82 Å². The highest BCUT2D eigenvalue weighted by atomic mass is 32.2. The molecule has 2 rings (SSSR count). The first-order valence-corrected chi connectivity index (χ1v) is 7.46. The topological polar surface area (TPSA) is 60.3 Å². The van der Waals surface area contributed by atoms with Gasteiger partial charge in [0.25, 0.3) is 0 Å². The number of carbonyl (C=O) groups is 2. The third-order valence-electron chi connectivity index (χ3n) is 2.65. The first-order chi connectivity index (χ1) is 8.57. The monoisotopic (exact) mass is 286 g/mol. The van der Waals surface area contributed by atoms with Gasteiger partial charge in [-0.1, -0.05) is 11.8 Å². The molecule has 0 fully saturated rings. The zero-order valence-electron chi connectivity index (χ0n) is 10.4. The minimum Gasteiger partial charge on any atom is -0.463 e. The van der Waals surface area contributed by atoms with E-state index >= 15 is 0 Å². The van der Waals surface area contributed by atoms with Crippen LogP contribution in [0, 0.1) is 0 Å². The number of aryl methyl sites for hydroxylation is 1. The zero-order valence-corrected chi connectivity index (χ0v) is 12.0. The second-order valence-electron chi connectivity index (χ2n) is 3.76. The van der Waals surface area contributed by atoms with E-state index in [-0.39, 0.29) is 5.97 Å². The number of hydrogen-bond donors (Lipinski definition) is 1. The maximum Gasteiger partial charge on any atom is 0.353 e. The standard InChI is InChI=1S/C11H14N2O3S2/c1-4-16-10(15)11(17-3)12-9-8(18-11)7(6-14)5-13(9)2/h5-6,12H,4H2,1-3H3. The number of fused-ring (bicyclic) bond motifs is 1. The molecule has 1 aliphatic heterocycles. The number of carbonyl (C=O) groups excluding carboxylic acids is 2. The average Bonchev–Trinajstić information content (AvgIpc) is 2.88. The van der Waals surface area contributed by atoms with Crippen molar-refractivity contribution in [3.8, 4) is 0 Å². The summed E-state index contributed by atoms with van der Waals surface area (Å²) in [5.41, 5.74) is 0.588. The molecule has 7 heteroatoms. The lowest BCUT2D eigenvalue weighted by Crippen LogP contribution is -2.38. The first-order valence-electron chi connectivity index (χ1n) is 5.42. The van der Waals surface area contributed by atoms with Crippen LogP contribution in [0.15, 0.2) is 11.1 Å². The predicted octanol–water partition coefficient (Wildman–Crippen LogP) is 1.94. The number of ether oxygens (including phenoxy) is 1. The molecule has 0 aromatic carbocycles. The Labute approximate surface area is 114 Å². The summed E-state index contributed by atoms with van der Waals surface area (Å²) < 4.78 is 6.01. The van der Waals surface area contributed by atoms with Gasteiger partial charge < -0.3 is 14.6 Å². The summed E-state index contributed by atoms with van der Waals surface area (Å²) in [5.74, 6) is 0.458. The van der Waals surface area contributed by atoms with Crippen molar-refractivity contribution in [1.82, 2.24) is 4.57 Å². The van der Waals surface area contributed by atoms with Crippen LogP contribution in [0.2, 0.25) is 0 Å². The van der Waals surface area contributed by atoms with Gasteiger partial charge in [-0.15, -0.1) is 11.8 Å². The van der Waals surface area contributed by atoms with Crippen LogP contribution in [0.5, 0.6) is 0 Å². The Kier molecular flexibility index (Phi) is 3.63. The lowest BCUT2D eigenvalue weighted by atomic mass is 10.4. The van der Waals surface area contributed by atoms with E-state index in [1.54, 1.807) is 13.1 Å². The molecule has 1 N–H and O–H groups in total. The molecule has 2 heterocycles. The fourth-order valence-electron chi connectivity index (χ4n) is 1.78. The number of thioether (sulfide) groups is 2. The third-order valence-corrected chi connectivity index (χ3v) is 5.43. The Balaban J connectivity index is 2.36. The van der Waals surface area contributed by atoms with Crippen LogP contribution in [-0.2, 0) is 16.6 Å². The summed E-state index contributed by atoms with van der Waals surface area (Å²) in [4.78, 5) is 23.8. The van der Waals surface area contributed by atoms with E-state index in [1.807, 2.05) is 17.9 Å². The lowest BCUT2D eigenvalue weighted by Gasteiger charge is -2.24. The van der Waals surface area contributed by atoms with Crippen molar-refractivity contribution in [2.75, 3.05) is 18.2 Å². The average molecular weight is 286 g/mol. The maximum absolute atomic E-state index is 12.1. The van der Waals surface area contributed by atoms with E-state index in [4.69, 9.17) is 4.74 Å². The van der Waals surface area contributed by atoms with Gasteiger partial charge in [-0.05, 0) is 13.2 Å². The number of aldehydes is 1. The molecule has 0 spiro atoms. The molecule has 1 atom stereocenters. The van der Waals surface area contributed by atoms with Crippen molar-refractivity contribution < 1.29 is 14.3 Å². The Morgan fingerprint density at radius 1 is 1.72 bits per heavy atom. The molecule has 1 aromatic heterocycles. The molecule has 1 unspecified atom stereocenters. The fraction of sp³-hybridized carbons (Fsp3) is 0.455. The molecule has 98 valence electrons. The van der Waals surface area contributed by atoms with Gasteiger partial charge in [-0.2, -0.15) is 0 Å². The molecule has 0 amide bonds. The Morgan fingerprint density at radius 3 is 3.00 bits per heavy atom. The SMILES string of the molecule is CCOC(=O)C1(SC)Nc2c(c(C=O)cn2C)S1. The molecule has 0 saturated carbocycles. The van der Waals surface area contributed by atoms with E-state index < -0.39 is 4.20 Å². The van der Waals surface area contributed by atoms with Gasteiger partial charge in [0.15, 0.2) is 6.29 Å². The normalized spacial score (nSPS) is 21.3. The molecular formula is C11H14N2O3S2. The predicted molar refractivity (Wildman–Crippen MR) is 73.2 cm³/mol. The maximum atomic E-state index is 12.1. The first kappa shape index (κ1) is 13.4. The summed E-state index contributed by atoms with van der Waals surface area (Å²) in [5, 5.41) is 3.16. The summed E-state index contributed by atoms with van der Waals surface area (Å²) in [7, 11) is 1.83. The molecule has 0 bridgehead atoms. The van der Waals surface area contributed by atoms with Crippen molar-refractivity contribution in [1.29, 1.82) is 0 Å². The second kappa shape index (κ2) is 4.89.